The van der Waals surface area contributed by atoms with Gasteiger partial charge < -0.3 is 4.74 Å². The molecule has 21 heavy (non-hydrogen) atoms. The third kappa shape index (κ3) is 1.96. The summed E-state index contributed by atoms with van der Waals surface area (Å²) in [5.41, 5.74) is 0. The number of cyclic esters (lactones) is 1. The number of hydrogen-bond donors (Lipinski definition) is 0. The van der Waals surface area contributed by atoms with Crippen molar-refractivity contribution in [3.8, 4) is 0 Å². The summed E-state index contributed by atoms with van der Waals surface area (Å²) in [6.45, 7) is 4.39. The van der Waals surface area contributed by atoms with Gasteiger partial charge in [0.15, 0.2) is 0 Å². The number of ether oxygens (including phenoxy) is 1. The molecule has 0 aromatic rings. The Morgan fingerprint density at radius 2 is 1.95 bits per heavy atom. The topological polar surface area (TPSA) is 66.9 Å². The minimum absolute atomic E-state index is 0.0558. The van der Waals surface area contributed by atoms with Gasteiger partial charge in [0.25, 0.3) is 0 Å². The molecule has 0 aromatic heterocycles. The molecule has 0 aromatic carbocycles. The molecule has 0 bridgehead atoms. The van der Waals surface area contributed by atoms with Crippen molar-refractivity contribution in [1.29, 1.82) is 0 Å². The van der Waals surface area contributed by atoms with Crippen LogP contribution in [0.2, 0.25) is 0 Å². The number of nitrogens with zero attached hydrogens (tertiary/aromatic N) is 2. The number of carbonyl (C=O) groups excluding carboxylic acids is 3. The van der Waals surface area contributed by atoms with Gasteiger partial charge in [0, 0.05) is 7.05 Å². The molecule has 2 fully saturated rings. The monoisotopic (exact) mass is 292 g/mol. The van der Waals surface area contributed by atoms with Crippen molar-refractivity contribution >= 4 is 17.9 Å². The van der Waals surface area contributed by atoms with E-state index in [1.807, 2.05) is 26.0 Å². The van der Waals surface area contributed by atoms with Crippen molar-refractivity contribution in [2.75, 3.05) is 13.7 Å². The number of carbonyl (C=O) groups is 3. The Balaban J connectivity index is 1.96. The van der Waals surface area contributed by atoms with E-state index >= 15 is 0 Å². The van der Waals surface area contributed by atoms with E-state index in [1.54, 1.807) is 4.90 Å². The molecule has 1 aliphatic carbocycles. The van der Waals surface area contributed by atoms with Crippen molar-refractivity contribution in [3.05, 3.63) is 12.2 Å². The normalized spacial score (nSPS) is 35.7. The van der Waals surface area contributed by atoms with Gasteiger partial charge in [-0.05, 0) is 12.3 Å². The number of imide groups is 1. The number of rotatable bonds is 2. The molecule has 0 N–H and O–H groups in total. The maximum Gasteiger partial charge on any atom is 0.410 e. The van der Waals surface area contributed by atoms with Crippen LogP contribution in [0.1, 0.15) is 20.3 Å². The SMILES string of the molecule is CC(C)[C@H]1COC(=O)N1[C@H]1C=CC[C@H]2C(=O)N(C)C(=O)[C@H]21. The van der Waals surface area contributed by atoms with Gasteiger partial charge in [-0.2, -0.15) is 0 Å². The standard InChI is InChI=1S/C15H20N2O4/c1-8(2)11-7-21-15(20)17(11)10-6-4-5-9-12(10)14(19)16(3)13(9)18/h4,6,8-12H,5,7H2,1-3H3/t9-,10+,11-,12-/m1/s1. The lowest BCUT2D eigenvalue weighted by Crippen LogP contribution is -2.51. The fourth-order valence-corrected chi connectivity index (χ4v) is 3.59. The highest BCUT2D eigenvalue weighted by Crippen LogP contribution is 2.39. The molecule has 2 saturated heterocycles. The van der Waals surface area contributed by atoms with Crippen LogP contribution in [0.15, 0.2) is 12.2 Å². The second kappa shape index (κ2) is 4.86. The van der Waals surface area contributed by atoms with Gasteiger partial charge in [0.2, 0.25) is 11.8 Å². The van der Waals surface area contributed by atoms with Gasteiger partial charge >= 0.3 is 6.09 Å². The van der Waals surface area contributed by atoms with Gasteiger partial charge in [-0.3, -0.25) is 19.4 Å². The molecule has 0 radical (unpaired) electrons. The Bertz CT molecular complexity index is 528. The lowest BCUT2D eigenvalue weighted by atomic mass is 9.80. The summed E-state index contributed by atoms with van der Waals surface area (Å²) in [7, 11) is 1.52. The van der Waals surface area contributed by atoms with E-state index in [1.165, 1.54) is 11.9 Å². The van der Waals surface area contributed by atoms with Gasteiger partial charge in [0.1, 0.15) is 6.61 Å². The predicted molar refractivity (Wildman–Crippen MR) is 74.1 cm³/mol. The van der Waals surface area contributed by atoms with Crippen LogP contribution in [0.4, 0.5) is 4.79 Å². The summed E-state index contributed by atoms with van der Waals surface area (Å²) < 4.78 is 5.17. The smallest absolute Gasteiger partial charge is 0.410 e. The molecule has 114 valence electrons. The number of fused-ring (bicyclic) bond motifs is 1. The van der Waals surface area contributed by atoms with Gasteiger partial charge in [-0.25, -0.2) is 4.79 Å². The van der Waals surface area contributed by atoms with E-state index < -0.39 is 5.92 Å². The van der Waals surface area contributed by atoms with Crippen LogP contribution >= 0.6 is 0 Å². The second-order valence-corrected chi connectivity index (χ2v) is 6.32. The van der Waals surface area contributed by atoms with Crippen LogP contribution in [0.5, 0.6) is 0 Å². The first-order valence-corrected chi connectivity index (χ1v) is 7.36. The quantitative estimate of drug-likeness (QED) is 0.563. The molecule has 0 saturated carbocycles. The second-order valence-electron chi connectivity index (χ2n) is 6.32. The van der Waals surface area contributed by atoms with Crippen LogP contribution in [0, 0.1) is 17.8 Å². The van der Waals surface area contributed by atoms with Crippen molar-refractivity contribution in [1.82, 2.24) is 9.80 Å². The van der Waals surface area contributed by atoms with E-state index in [0.717, 1.165) is 0 Å². The van der Waals surface area contributed by atoms with Crippen molar-refractivity contribution in [3.63, 3.8) is 0 Å². The Kier molecular flexibility index (Phi) is 3.26. The van der Waals surface area contributed by atoms with Crippen molar-refractivity contribution in [2.24, 2.45) is 17.8 Å². The van der Waals surface area contributed by atoms with E-state index in [-0.39, 0.29) is 41.8 Å². The number of hydrogen-bond acceptors (Lipinski definition) is 4. The zero-order valence-corrected chi connectivity index (χ0v) is 12.5. The molecule has 3 aliphatic rings. The highest BCUT2D eigenvalue weighted by atomic mass is 16.6. The lowest BCUT2D eigenvalue weighted by molar-refractivity contribution is -0.138. The average molecular weight is 292 g/mol. The van der Waals surface area contributed by atoms with Crippen molar-refractivity contribution < 1.29 is 19.1 Å². The Labute approximate surface area is 123 Å². The highest BCUT2D eigenvalue weighted by molar-refractivity contribution is 6.05. The van der Waals surface area contributed by atoms with E-state index in [0.29, 0.717) is 13.0 Å². The molecule has 6 heteroatoms. The number of amides is 3. The fraction of sp³-hybridized carbons (Fsp3) is 0.667. The summed E-state index contributed by atoms with van der Waals surface area (Å²) in [5, 5.41) is 0. The molecule has 6 nitrogen and oxygen atoms in total. The van der Waals surface area contributed by atoms with Crippen LogP contribution in [-0.4, -0.2) is 53.4 Å². The molecule has 0 spiro atoms. The van der Waals surface area contributed by atoms with Crippen LogP contribution in [0.3, 0.4) is 0 Å². The molecule has 3 rings (SSSR count). The molecular weight excluding hydrogens is 272 g/mol. The highest BCUT2D eigenvalue weighted by Gasteiger charge is 2.54. The largest absolute Gasteiger partial charge is 0.447 e. The Hall–Kier alpha value is -1.85. The molecular formula is C15H20N2O4. The Morgan fingerprint density at radius 3 is 2.62 bits per heavy atom. The molecule has 2 aliphatic heterocycles. The minimum Gasteiger partial charge on any atom is -0.447 e. The first-order valence-electron chi connectivity index (χ1n) is 7.36. The maximum absolute atomic E-state index is 12.4. The van der Waals surface area contributed by atoms with E-state index in [4.69, 9.17) is 4.74 Å². The molecule has 2 heterocycles. The van der Waals surface area contributed by atoms with Gasteiger partial charge in [-0.1, -0.05) is 26.0 Å². The van der Waals surface area contributed by atoms with Gasteiger partial charge in [-0.15, -0.1) is 0 Å². The molecule has 4 atom stereocenters. The average Bonchev–Trinajstić information content (AvgIpc) is 2.94. The summed E-state index contributed by atoms with van der Waals surface area (Å²) in [6, 6.07) is -0.438. The third-order valence-corrected chi connectivity index (χ3v) is 4.82. The summed E-state index contributed by atoms with van der Waals surface area (Å²) in [6.07, 6.45) is 3.96. The summed E-state index contributed by atoms with van der Waals surface area (Å²) in [5.74, 6) is -0.928. The van der Waals surface area contributed by atoms with Gasteiger partial charge in [0.05, 0.1) is 23.9 Å². The third-order valence-electron chi connectivity index (χ3n) is 4.82. The van der Waals surface area contributed by atoms with Crippen LogP contribution < -0.4 is 0 Å². The summed E-state index contributed by atoms with van der Waals surface area (Å²) in [4.78, 5) is 39.5. The van der Waals surface area contributed by atoms with E-state index in [2.05, 4.69) is 0 Å². The molecule has 3 amide bonds. The predicted octanol–water partition coefficient (Wildman–Crippen LogP) is 1.02. The number of likely N-dealkylation sites (tertiary alicyclic amines) is 1. The molecule has 0 unspecified atom stereocenters. The first kappa shape index (κ1) is 14.1. The first-order chi connectivity index (χ1) is 9.93. The maximum atomic E-state index is 12.4. The summed E-state index contributed by atoms with van der Waals surface area (Å²) >= 11 is 0. The lowest BCUT2D eigenvalue weighted by Gasteiger charge is -2.36. The zero-order chi connectivity index (χ0) is 15.3. The fourth-order valence-electron chi connectivity index (χ4n) is 3.59. The van der Waals surface area contributed by atoms with Crippen LogP contribution in [-0.2, 0) is 14.3 Å². The Morgan fingerprint density at radius 1 is 1.24 bits per heavy atom. The number of allylic oxidation sites excluding steroid dienone is 1. The van der Waals surface area contributed by atoms with E-state index in [9.17, 15) is 14.4 Å². The zero-order valence-electron chi connectivity index (χ0n) is 12.5. The van der Waals surface area contributed by atoms with Crippen molar-refractivity contribution in [2.45, 2.75) is 32.4 Å². The minimum atomic E-state index is -0.473. The van der Waals surface area contributed by atoms with Crippen LogP contribution in [0.25, 0.3) is 0 Å².